The van der Waals surface area contributed by atoms with E-state index in [0.29, 0.717) is 12.8 Å². The van der Waals surface area contributed by atoms with E-state index >= 15 is 0 Å². The summed E-state index contributed by atoms with van der Waals surface area (Å²) in [5, 5.41) is 8.28. The molecule has 0 radical (unpaired) electrons. The van der Waals surface area contributed by atoms with Crippen LogP contribution >= 0.6 is 0 Å². The van der Waals surface area contributed by atoms with Gasteiger partial charge >= 0.3 is 11.9 Å². The highest BCUT2D eigenvalue weighted by atomic mass is 16.6. The zero-order valence-corrected chi connectivity index (χ0v) is 8.74. The molecule has 1 N–H and O–H groups in total. The lowest BCUT2D eigenvalue weighted by Gasteiger charge is -2.25. The van der Waals surface area contributed by atoms with Gasteiger partial charge in [-0.3, -0.25) is 0 Å². The van der Waals surface area contributed by atoms with Crippen molar-refractivity contribution in [1.29, 1.82) is 0 Å². The summed E-state index contributed by atoms with van der Waals surface area (Å²) in [5.74, 6) is -1.77. The third-order valence-electron chi connectivity index (χ3n) is 2.20. The molecule has 0 rings (SSSR count). The van der Waals surface area contributed by atoms with E-state index in [1.54, 1.807) is 0 Å². The zero-order valence-electron chi connectivity index (χ0n) is 8.74. The molecular formula is C10H16O4. The van der Waals surface area contributed by atoms with Crippen LogP contribution in [0.1, 0.15) is 33.6 Å². The van der Waals surface area contributed by atoms with E-state index in [0.717, 1.165) is 12.2 Å². The second kappa shape index (κ2) is 5.42. The van der Waals surface area contributed by atoms with Crippen LogP contribution in [-0.2, 0) is 14.3 Å². The number of hydrogen-bond acceptors (Lipinski definition) is 3. The Morgan fingerprint density at radius 3 is 2.14 bits per heavy atom. The van der Waals surface area contributed by atoms with Crippen LogP contribution in [-0.4, -0.2) is 22.6 Å². The highest BCUT2D eigenvalue weighted by Crippen LogP contribution is 2.19. The third-order valence-corrected chi connectivity index (χ3v) is 2.20. The van der Waals surface area contributed by atoms with Crippen molar-refractivity contribution in [3.8, 4) is 0 Å². The molecule has 14 heavy (non-hydrogen) atoms. The molecule has 0 saturated heterocycles. The van der Waals surface area contributed by atoms with E-state index in [9.17, 15) is 9.59 Å². The summed E-state index contributed by atoms with van der Waals surface area (Å²) in [6.45, 7) is 5.65. The lowest BCUT2D eigenvalue weighted by molar-refractivity contribution is -0.152. The maximum absolute atomic E-state index is 11.1. The molecule has 0 aromatic heterocycles. The predicted octanol–water partition coefficient (Wildman–Crippen LogP) is 1.75. The molecule has 0 spiro atoms. The quantitative estimate of drug-likeness (QED) is 0.542. The van der Waals surface area contributed by atoms with Crippen molar-refractivity contribution in [2.24, 2.45) is 0 Å². The van der Waals surface area contributed by atoms with Gasteiger partial charge in [-0.15, -0.1) is 0 Å². The van der Waals surface area contributed by atoms with Crippen molar-refractivity contribution in [2.45, 2.75) is 39.2 Å². The number of carbonyl (C=O) groups is 2. The normalized spacial score (nSPS) is 11.6. The first-order valence-electron chi connectivity index (χ1n) is 4.57. The summed E-state index contributed by atoms with van der Waals surface area (Å²) in [6.07, 6.45) is 3.10. The van der Waals surface area contributed by atoms with Crippen LogP contribution in [0.25, 0.3) is 0 Å². The molecule has 0 aliphatic rings. The molecule has 4 nitrogen and oxygen atoms in total. The summed E-state index contributed by atoms with van der Waals surface area (Å²) in [5.41, 5.74) is -0.500. The number of ether oxygens (including phenoxy) is 1. The van der Waals surface area contributed by atoms with Crippen molar-refractivity contribution in [1.82, 2.24) is 0 Å². The van der Waals surface area contributed by atoms with Gasteiger partial charge in [0.05, 0.1) is 0 Å². The van der Waals surface area contributed by atoms with Crippen LogP contribution in [0.5, 0.6) is 0 Å². The van der Waals surface area contributed by atoms with Gasteiger partial charge in [0.1, 0.15) is 5.60 Å². The van der Waals surface area contributed by atoms with Crippen LogP contribution in [0.3, 0.4) is 0 Å². The van der Waals surface area contributed by atoms with Crippen molar-refractivity contribution < 1.29 is 19.4 Å². The minimum Gasteiger partial charge on any atom is -0.478 e. The smallest absolute Gasteiger partial charge is 0.331 e. The van der Waals surface area contributed by atoms with Gasteiger partial charge in [0.25, 0.3) is 0 Å². The molecule has 4 heteroatoms. The van der Waals surface area contributed by atoms with Gasteiger partial charge in [-0.25, -0.2) is 9.59 Å². The molecular weight excluding hydrogens is 184 g/mol. The minimum atomic E-state index is -1.16. The van der Waals surface area contributed by atoms with Gasteiger partial charge in [0, 0.05) is 12.2 Å². The van der Waals surface area contributed by atoms with E-state index in [1.165, 1.54) is 0 Å². The Labute approximate surface area is 83.6 Å². The molecule has 0 unspecified atom stereocenters. The predicted molar refractivity (Wildman–Crippen MR) is 51.9 cm³/mol. The monoisotopic (exact) mass is 200 g/mol. The average molecular weight is 200 g/mol. The zero-order chi connectivity index (χ0) is 11.2. The Kier molecular flexibility index (Phi) is 4.91. The van der Waals surface area contributed by atoms with Gasteiger partial charge < -0.3 is 9.84 Å². The van der Waals surface area contributed by atoms with Crippen LogP contribution in [0.15, 0.2) is 12.2 Å². The van der Waals surface area contributed by atoms with Crippen molar-refractivity contribution in [2.75, 3.05) is 0 Å². The van der Waals surface area contributed by atoms with Gasteiger partial charge in [-0.2, -0.15) is 0 Å². The summed E-state index contributed by atoms with van der Waals surface area (Å²) in [7, 11) is 0. The molecule has 0 heterocycles. The van der Waals surface area contributed by atoms with Crippen molar-refractivity contribution in [3.05, 3.63) is 12.2 Å². The second-order valence-electron chi connectivity index (χ2n) is 3.25. The molecule has 0 aromatic rings. The van der Waals surface area contributed by atoms with Crippen LogP contribution < -0.4 is 0 Å². The highest BCUT2D eigenvalue weighted by Gasteiger charge is 2.23. The molecule has 80 valence electrons. The van der Waals surface area contributed by atoms with E-state index in [2.05, 4.69) is 0 Å². The highest BCUT2D eigenvalue weighted by molar-refractivity contribution is 5.90. The topological polar surface area (TPSA) is 63.6 Å². The molecule has 0 aromatic carbocycles. The van der Waals surface area contributed by atoms with E-state index in [-0.39, 0.29) is 0 Å². The Bertz CT molecular complexity index is 239. The maximum Gasteiger partial charge on any atom is 0.331 e. The van der Waals surface area contributed by atoms with Crippen molar-refractivity contribution in [3.63, 3.8) is 0 Å². The SMILES string of the molecule is CCC(C)(CC)OC(=O)/C=C\C(=O)O. The van der Waals surface area contributed by atoms with Crippen LogP contribution in [0.2, 0.25) is 0 Å². The first-order valence-corrected chi connectivity index (χ1v) is 4.57. The fourth-order valence-corrected chi connectivity index (χ4v) is 0.811. The molecule has 0 fully saturated rings. The number of carboxylic acids is 1. The van der Waals surface area contributed by atoms with Gasteiger partial charge in [-0.1, -0.05) is 13.8 Å². The molecule has 0 aliphatic heterocycles. The standard InChI is InChI=1S/C10H16O4/c1-4-10(3,5-2)14-9(13)7-6-8(11)12/h6-7H,4-5H2,1-3H3,(H,11,12)/b7-6-. The first kappa shape index (κ1) is 12.7. The molecule has 0 aliphatic carbocycles. The first-order chi connectivity index (χ1) is 6.43. The number of rotatable bonds is 5. The second-order valence-corrected chi connectivity index (χ2v) is 3.25. The Hall–Kier alpha value is -1.32. The van der Waals surface area contributed by atoms with Crippen LogP contribution in [0, 0.1) is 0 Å². The molecule has 0 amide bonds. The van der Waals surface area contributed by atoms with E-state index in [1.807, 2.05) is 20.8 Å². The number of hydrogen-bond donors (Lipinski definition) is 1. The fourth-order valence-electron chi connectivity index (χ4n) is 0.811. The molecule has 0 saturated carbocycles. The lowest BCUT2D eigenvalue weighted by atomic mass is 10.0. The Balaban J connectivity index is 4.24. The van der Waals surface area contributed by atoms with Crippen LogP contribution in [0.4, 0.5) is 0 Å². The van der Waals surface area contributed by atoms with Gasteiger partial charge in [-0.05, 0) is 19.8 Å². The Morgan fingerprint density at radius 2 is 1.79 bits per heavy atom. The molecule has 0 bridgehead atoms. The number of carboxylic acid groups (broad SMARTS) is 1. The summed E-state index contributed by atoms with van der Waals surface area (Å²) in [4.78, 5) is 21.2. The van der Waals surface area contributed by atoms with E-state index in [4.69, 9.17) is 9.84 Å². The fraction of sp³-hybridized carbons (Fsp3) is 0.600. The number of aliphatic carboxylic acids is 1. The summed E-state index contributed by atoms with van der Waals surface area (Å²) >= 11 is 0. The van der Waals surface area contributed by atoms with E-state index < -0.39 is 17.5 Å². The summed E-state index contributed by atoms with van der Waals surface area (Å²) in [6, 6.07) is 0. The van der Waals surface area contributed by atoms with Crippen molar-refractivity contribution >= 4 is 11.9 Å². The lowest BCUT2D eigenvalue weighted by Crippen LogP contribution is -2.29. The number of carbonyl (C=O) groups excluding carboxylic acids is 1. The Morgan fingerprint density at radius 1 is 1.29 bits per heavy atom. The van der Waals surface area contributed by atoms with Gasteiger partial charge in [0.15, 0.2) is 0 Å². The maximum atomic E-state index is 11.1. The molecule has 0 atom stereocenters. The average Bonchev–Trinajstić information content (AvgIpc) is 2.14. The largest absolute Gasteiger partial charge is 0.478 e. The summed E-state index contributed by atoms with van der Waals surface area (Å²) < 4.78 is 5.10. The van der Waals surface area contributed by atoms with Gasteiger partial charge in [0.2, 0.25) is 0 Å². The minimum absolute atomic E-state index is 0.500. The third kappa shape index (κ3) is 4.64. The number of esters is 1.